The van der Waals surface area contributed by atoms with Gasteiger partial charge in [-0.15, -0.1) is 0 Å². The van der Waals surface area contributed by atoms with Crippen molar-refractivity contribution in [1.29, 1.82) is 0 Å². The Morgan fingerprint density at radius 3 is 2.60 bits per heavy atom. The van der Waals surface area contributed by atoms with Crippen LogP contribution >= 0.6 is 0 Å². The first-order valence-corrected chi connectivity index (χ1v) is 8.41. The van der Waals surface area contributed by atoms with E-state index in [9.17, 15) is 12.8 Å². The Kier molecular flexibility index (Phi) is 6.42. The van der Waals surface area contributed by atoms with Gasteiger partial charge < -0.3 is 4.74 Å². The average molecular weight is 303 g/mol. The van der Waals surface area contributed by atoms with Gasteiger partial charge >= 0.3 is 0 Å². The highest BCUT2D eigenvalue weighted by Crippen LogP contribution is 2.19. The molecule has 6 heteroatoms. The Labute approximate surface area is 120 Å². The third-order valence-electron chi connectivity index (χ3n) is 2.57. The van der Waals surface area contributed by atoms with Crippen LogP contribution in [0.15, 0.2) is 18.2 Å². The molecule has 114 valence electrons. The van der Waals surface area contributed by atoms with Crippen molar-refractivity contribution in [3.05, 3.63) is 29.6 Å². The molecule has 1 aromatic carbocycles. The van der Waals surface area contributed by atoms with E-state index in [1.807, 2.05) is 20.8 Å². The molecule has 4 nitrogen and oxygen atoms in total. The first-order valence-electron chi connectivity index (χ1n) is 6.76. The molecule has 0 spiro atoms. The SMILES string of the molecule is CCCS(=O)(=O)NCCc1ccc(OC(C)C)c(F)c1. The molecule has 0 bridgehead atoms. The molecule has 20 heavy (non-hydrogen) atoms. The van der Waals surface area contributed by atoms with Gasteiger partial charge in [-0.3, -0.25) is 0 Å². The maximum Gasteiger partial charge on any atom is 0.211 e. The quantitative estimate of drug-likeness (QED) is 0.802. The van der Waals surface area contributed by atoms with Crippen molar-refractivity contribution >= 4 is 10.0 Å². The number of benzene rings is 1. The lowest BCUT2D eigenvalue weighted by Crippen LogP contribution is -2.28. The van der Waals surface area contributed by atoms with Crippen molar-refractivity contribution < 1.29 is 17.5 Å². The van der Waals surface area contributed by atoms with Crippen molar-refractivity contribution in [2.45, 2.75) is 39.7 Å². The summed E-state index contributed by atoms with van der Waals surface area (Å²) in [6.07, 6.45) is 0.934. The third kappa shape index (κ3) is 5.88. The normalized spacial score (nSPS) is 11.8. The minimum absolute atomic E-state index is 0.0868. The van der Waals surface area contributed by atoms with Gasteiger partial charge in [0.15, 0.2) is 11.6 Å². The van der Waals surface area contributed by atoms with E-state index in [0.717, 1.165) is 5.56 Å². The van der Waals surface area contributed by atoms with Gasteiger partial charge in [-0.2, -0.15) is 0 Å². The lowest BCUT2D eigenvalue weighted by molar-refractivity contribution is 0.231. The van der Waals surface area contributed by atoms with Gasteiger partial charge in [-0.05, 0) is 44.4 Å². The highest BCUT2D eigenvalue weighted by molar-refractivity contribution is 7.89. The summed E-state index contributed by atoms with van der Waals surface area (Å²) in [4.78, 5) is 0. The topological polar surface area (TPSA) is 55.4 Å². The largest absolute Gasteiger partial charge is 0.488 e. The van der Waals surface area contributed by atoms with Crippen molar-refractivity contribution in [3.63, 3.8) is 0 Å². The van der Waals surface area contributed by atoms with E-state index in [-0.39, 0.29) is 24.2 Å². The second kappa shape index (κ2) is 7.59. The highest BCUT2D eigenvalue weighted by Gasteiger charge is 2.09. The van der Waals surface area contributed by atoms with Gasteiger partial charge in [0.2, 0.25) is 10.0 Å². The monoisotopic (exact) mass is 303 g/mol. The Bertz CT molecular complexity index is 529. The molecule has 0 unspecified atom stereocenters. The molecule has 1 N–H and O–H groups in total. The molecule has 0 aromatic heterocycles. The Morgan fingerprint density at radius 1 is 1.35 bits per heavy atom. The summed E-state index contributed by atoms with van der Waals surface area (Å²) in [5.41, 5.74) is 0.734. The smallest absolute Gasteiger partial charge is 0.211 e. The molecule has 0 amide bonds. The summed E-state index contributed by atoms with van der Waals surface area (Å²) in [5.74, 6) is -0.0920. The molecule has 0 saturated carbocycles. The molecule has 0 aliphatic rings. The minimum Gasteiger partial charge on any atom is -0.488 e. The van der Waals surface area contributed by atoms with Crippen molar-refractivity contribution in [2.75, 3.05) is 12.3 Å². The molecule has 1 aromatic rings. The van der Waals surface area contributed by atoms with Crippen LogP contribution in [0, 0.1) is 5.82 Å². The fraction of sp³-hybridized carbons (Fsp3) is 0.571. The van der Waals surface area contributed by atoms with Crippen LogP contribution in [0.2, 0.25) is 0 Å². The zero-order chi connectivity index (χ0) is 15.2. The van der Waals surface area contributed by atoms with E-state index < -0.39 is 15.8 Å². The number of halogens is 1. The summed E-state index contributed by atoms with van der Waals surface area (Å²) in [6.45, 7) is 5.74. The van der Waals surface area contributed by atoms with Crippen LogP contribution in [0.3, 0.4) is 0 Å². The maximum absolute atomic E-state index is 13.7. The highest BCUT2D eigenvalue weighted by atomic mass is 32.2. The van der Waals surface area contributed by atoms with Crippen LogP contribution in [0.1, 0.15) is 32.8 Å². The molecular weight excluding hydrogens is 281 g/mol. The molecule has 0 saturated heterocycles. The number of rotatable bonds is 8. The third-order valence-corrected chi connectivity index (χ3v) is 4.16. The summed E-state index contributed by atoms with van der Waals surface area (Å²) >= 11 is 0. The number of hydrogen-bond donors (Lipinski definition) is 1. The summed E-state index contributed by atoms with van der Waals surface area (Å²) in [6, 6.07) is 4.70. The predicted octanol–water partition coefficient (Wildman–Crippen LogP) is 2.48. The van der Waals surface area contributed by atoms with E-state index in [2.05, 4.69) is 4.72 Å². The summed E-state index contributed by atoms with van der Waals surface area (Å²) in [7, 11) is -3.20. The molecule has 1 rings (SSSR count). The number of hydrogen-bond acceptors (Lipinski definition) is 3. The molecule has 0 fully saturated rings. The van der Waals surface area contributed by atoms with Gasteiger partial charge in [0.05, 0.1) is 11.9 Å². The Morgan fingerprint density at radius 2 is 2.05 bits per heavy atom. The summed E-state index contributed by atoms with van der Waals surface area (Å²) < 4.78 is 44.4. The standard InChI is InChI=1S/C14H22FNO3S/c1-4-9-20(17,18)16-8-7-12-5-6-14(13(15)10-12)19-11(2)3/h5-6,10-11,16H,4,7-9H2,1-3H3. The predicted molar refractivity (Wildman–Crippen MR) is 77.9 cm³/mol. The number of ether oxygens (including phenoxy) is 1. The van der Waals surface area contributed by atoms with Gasteiger partial charge in [0.25, 0.3) is 0 Å². The maximum atomic E-state index is 13.7. The molecule has 0 heterocycles. The summed E-state index contributed by atoms with van der Waals surface area (Å²) in [5, 5.41) is 0. The fourth-order valence-electron chi connectivity index (χ4n) is 1.74. The second-order valence-electron chi connectivity index (χ2n) is 4.89. The average Bonchev–Trinajstić information content (AvgIpc) is 2.31. The van der Waals surface area contributed by atoms with E-state index in [4.69, 9.17) is 4.74 Å². The number of nitrogens with one attached hydrogen (secondary N) is 1. The molecule has 0 aliphatic heterocycles. The van der Waals surface area contributed by atoms with Gasteiger partial charge in [0.1, 0.15) is 0 Å². The van der Waals surface area contributed by atoms with Crippen LogP contribution in [-0.2, 0) is 16.4 Å². The van der Waals surface area contributed by atoms with Crippen LogP contribution in [-0.4, -0.2) is 26.8 Å². The molecule has 0 atom stereocenters. The van der Waals surface area contributed by atoms with Crippen LogP contribution in [0.4, 0.5) is 4.39 Å². The van der Waals surface area contributed by atoms with Crippen molar-refractivity contribution in [3.8, 4) is 5.75 Å². The number of sulfonamides is 1. The Balaban J connectivity index is 2.55. The molecule has 0 aliphatic carbocycles. The van der Waals surface area contributed by atoms with Crippen LogP contribution in [0.5, 0.6) is 5.75 Å². The Hall–Kier alpha value is -1.14. The second-order valence-corrected chi connectivity index (χ2v) is 6.82. The molecular formula is C14H22FNO3S. The molecule has 0 radical (unpaired) electrons. The van der Waals surface area contributed by atoms with Crippen molar-refractivity contribution in [2.24, 2.45) is 0 Å². The van der Waals surface area contributed by atoms with Gasteiger partial charge in [-0.25, -0.2) is 17.5 Å². The lowest BCUT2D eigenvalue weighted by Gasteiger charge is -2.11. The van der Waals surface area contributed by atoms with Gasteiger partial charge in [-0.1, -0.05) is 13.0 Å². The first kappa shape index (κ1) is 16.9. The van der Waals surface area contributed by atoms with Gasteiger partial charge in [0, 0.05) is 6.54 Å². The minimum atomic E-state index is -3.20. The zero-order valence-electron chi connectivity index (χ0n) is 12.1. The van der Waals surface area contributed by atoms with E-state index >= 15 is 0 Å². The lowest BCUT2D eigenvalue weighted by atomic mass is 10.1. The zero-order valence-corrected chi connectivity index (χ0v) is 13.0. The fourth-order valence-corrected chi connectivity index (χ4v) is 2.84. The van der Waals surface area contributed by atoms with E-state index in [1.54, 1.807) is 12.1 Å². The van der Waals surface area contributed by atoms with Crippen LogP contribution in [0.25, 0.3) is 0 Å². The first-order chi connectivity index (χ1) is 9.34. The van der Waals surface area contributed by atoms with Crippen molar-refractivity contribution in [1.82, 2.24) is 4.72 Å². The van der Waals surface area contributed by atoms with E-state index in [1.165, 1.54) is 6.07 Å². The van der Waals surface area contributed by atoms with Crippen LogP contribution < -0.4 is 9.46 Å². The van der Waals surface area contributed by atoms with E-state index in [0.29, 0.717) is 12.8 Å².